The quantitative estimate of drug-likeness (QED) is 0.653. The molecular formula is C18H20N2O. The molecule has 0 atom stereocenters. The fourth-order valence-electron chi connectivity index (χ4n) is 2.03. The van der Waals surface area contributed by atoms with Crippen molar-refractivity contribution in [1.82, 2.24) is 5.43 Å². The van der Waals surface area contributed by atoms with E-state index in [1.165, 1.54) is 11.1 Å². The molecule has 0 aliphatic heterocycles. The topological polar surface area (TPSA) is 41.5 Å². The minimum atomic E-state index is -0.0437. The Balaban J connectivity index is 2.08. The first kappa shape index (κ1) is 15.0. The Morgan fingerprint density at radius 2 is 1.62 bits per heavy atom. The van der Waals surface area contributed by atoms with Crippen molar-refractivity contribution in [2.45, 2.75) is 26.7 Å². The summed E-state index contributed by atoms with van der Waals surface area (Å²) in [7, 11) is 0. The van der Waals surface area contributed by atoms with Crippen LogP contribution >= 0.6 is 0 Å². The summed E-state index contributed by atoms with van der Waals surface area (Å²) in [6.45, 7) is 3.86. The number of hydrazone groups is 1. The summed E-state index contributed by atoms with van der Waals surface area (Å²) < 4.78 is 0. The third-order valence-electron chi connectivity index (χ3n) is 3.24. The Bertz CT molecular complexity index is 615. The van der Waals surface area contributed by atoms with Crippen molar-refractivity contribution in [2.24, 2.45) is 5.10 Å². The number of nitrogens with zero attached hydrogens (tertiary/aromatic N) is 1. The second kappa shape index (κ2) is 7.39. The molecule has 0 bridgehead atoms. The highest BCUT2D eigenvalue weighted by atomic mass is 16.2. The lowest BCUT2D eigenvalue weighted by molar-refractivity contribution is -0.121. The molecule has 0 aromatic heterocycles. The fourth-order valence-corrected chi connectivity index (χ4v) is 2.03. The highest BCUT2D eigenvalue weighted by Crippen LogP contribution is 2.19. The molecule has 2 rings (SSSR count). The molecule has 0 saturated heterocycles. The van der Waals surface area contributed by atoms with Gasteiger partial charge in [-0.3, -0.25) is 4.79 Å². The van der Waals surface area contributed by atoms with E-state index < -0.39 is 0 Å². The third-order valence-corrected chi connectivity index (χ3v) is 3.24. The monoisotopic (exact) mass is 280 g/mol. The zero-order valence-corrected chi connectivity index (χ0v) is 12.5. The van der Waals surface area contributed by atoms with Crippen molar-refractivity contribution in [3.63, 3.8) is 0 Å². The molecule has 0 fully saturated rings. The predicted octanol–water partition coefficient (Wildman–Crippen LogP) is 3.99. The lowest BCUT2D eigenvalue weighted by Crippen LogP contribution is -2.18. The minimum absolute atomic E-state index is 0.0437. The van der Waals surface area contributed by atoms with Gasteiger partial charge in [-0.05, 0) is 30.0 Å². The van der Waals surface area contributed by atoms with Gasteiger partial charge in [0.15, 0.2) is 0 Å². The van der Waals surface area contributed by atoms with E-state index >= 15 is 0 Å². The van der Waals surface area contributed by atoms with Gasteiger partial charge in [0.05, 0.1) is 5.71 Å². The molecule has 0 radical (unpaired) electrons. The maximum Gasteiger partial charge on any atom is 0.240 e. The SMILES string of the molecule is CCCC(=O)N/N=C(\C)c1ccc(-c2ccccc2)cc1. The van der Waals surface area contributed by atoms with Crippen LogP contribution in [0.5, 0.6) is 0 Å². The van der Waals surface area contributed by atoms with Gasteiger partial charge in [0, 0.05) is 6.42 Å². The standard InChI is InChI=1S/C18H20N2O/c1-3-7-18(21)20-19-14(2)15-10-12-17(13-11-15)16-8-5-4-6-9-16/h4-6,8-13H,3,7H2,1-2H3,(H,20,21)/b19-14+. The molecule has 2 aromatic rings. The molecule has 3 heteroatoms. The van der Waals surface area contributed by atoms with E-state index in [4.69, 9.17) is 0 Å². The van der Waals surface area contributed by atoms with Gasteiger partial charge in [-0.1, -0.05) is 61.5 Å². The van der Waals surface area contributed by atoms with Crippen LogP contribution in [0.25, 0.3) is 11.1 Å². The van der Waals surface area contributed by atoms with E-state index in [1.807, 2.05) is 44.2 Å². The molecule has 2 aromatic carbocycles. The zero-order chi connectivity index (χ0) is 15.1. The Hall–Kier alpha value is -2.42. The van der Waals surface area contributed by atoms with Crippen molar-refractivity contribution in [2.75, 3.05) is 0 Å². The summed E-state index contributed by atoms with van der Waals surface area (Å²) in [5, 5.41) is 4.13. The van der Waals surface area contributed by atoms with Gasteiger partial charge in [-0.25, -0.2) is 5.43 Å². The maximum absolute atomic E-state index is 11.4. The summed E-state index contributed by atoms with van der Waals surface area (Å²) in [6, 6.07) is 18.4. The van der Waals surface area contributed by atoms with Crippen LogP contribution in [-0.2, 0) is 4.79 Å². The second-order valence-electron chi connectivity index (χ2n) is 4.93. The Labute approximate surface area is 125 Å². The van der Waals surface area contributed by atoms with Crippen LogP contribution in [0.4, 0.5) is 0 Å². The predicted molar refractivity (Wildman–Crippen MR) is 87.1 cm³/mol. The Morgan fingerprint density at radius 3 is 2.24 bits per heavy atom. The van der Waals surface area contributed by atoms with Gasteiger partial charge >= 0.3 is 0 Å². The van der Waals surface area contributed by atoms with E-state index in [0.29, 0.717) is 6.42 Å². The van der Waals surface area contributed by atoms with Gasteiger partial charge < -0.3 is 0 Å². The van der Waals surface area contributed by atoms with Crippen LogP contribution in [0.15, 0.2) is 59.7 Å². The van der Waals surface area contributed by atoms with E-state index in [9.17, 15) is 4.79 Å². The van der Waals surface area contributed by atoms with E-state index in [-0.39, 0.29) is 5.91 Å². The first-order chi connectivity index (χ1) is 10.2. The summed E-state index contributed by atoms with van der Waals surface area (Å²) in [5.41, 5.74) is 6.75. The van der Waals surface area contributed by atoms with Crippen molar-refractivity contribution >= 4 is 11.6 Å². The number of nitrogens with one attached hydrogen (secondary N) is 1. The molecule has 1 amide bonds. The molecule has 0 heterocycles. The van der Waals surface area contributed by atoms with Gasteiger partial charge in [0.25, 0.3) is 0 Å². The minimum Gasteiger partial charge on any atom is -0.273 e. The van der Waals surface area contributed by atoms with Gasteiger partial charge in [-0.2, -0.15) is 5.10 Å². The highest BCUT2D eigenvalue weighted by molar-refractivity contribution is 5.99. The van der Waals surface area contributed by atoms with Crippen LogP contribution in [-0.4, -0.2) is 11.6 Å². The molecule has 0 aliphatic carbocycles. The lowest BCUT2D eigenvalue weighted by atomic mass is 10.0. The second-order valence-corrected chi connectivity index (χ2v) is 4.93. The number of hydrogen-bond acceptors (Lipinski definition) is 2. The van der Waals surface area contributed by atoms with Crippen LogP contribution in [0, 0.1) is 0 Å². The van der Waals surface area contributed by atoms with Crippen LogP contribution in [0.1, 0.15) is 32.3 Å². The molecule has 0 spiro atoms. The smallest absolute Gasteiger partial charge is 0.240 e. The van der Waals surface area contributed by atoms with Gasteiger partial charge in [0.2, 0.25) is 5.91 Å². The fraction of sp³-hybridized carbons (Fsp3) is 0.222. The molecule has 0 aliphatic rings. The van der Waals surface area contributed by atoms with Gasteiger partial charge in [0.1, 0.15) is 0 Å². The molecule has 3 nitrogen and oxygen atoms in total. The maximum atomic E-state index is 11.4. The van der Waals surface area contributed by atoms with Crippen molar-refractivity contribution in [3.8, 4) is 11.1 Å². The van der Waals surface area contributed by atoms with Gasteiger partial charge in [-0.15, -0.1) is 0 Å². The zero-order valence-electron chi connectivity index (χ0n) is 12.5. The molecule has 0 unspecified atom stereocenters. The molecule has 21 heavy (non-hydrogen) atoms. The van der Waals surface area contributed by atoms with Crippen molar-refractivity contribution in [3.05, 3.63) is 60.2 Å². The van der Waals surface area contributed by atoms with E-state index in [2.05, 4.69) is 34.8 Å². The number of hydrogen-bond donors (Lipinski definition) is 1. The molecule has 108 valence electrons. The van der Waals surface area contributed by atoms with Crippen molar-refractivity contribution < 1.29 is 4.79 Å². The molecular weight excluding hydrogens is 260 g/mol. The highest BCUT2D eigenvalue weighted by Gasteiger charge is 2.01. The Kier molecular flexibility index (Phi) is 5.27. The lowest BCUT2D eigenvalue weighted by Gasteiger charge is -2.05. The average molecular weight is 280 g/mol. The third kappa shape index (κ3) is 4.28. The number of rotatable bonds is 5. The average Bonchev–Trinajstić information content (AvgIpc) is 2.54. The summed E-state index contributed by atoms with van der Waals surface area (Å²) in [4.78, 5) is 11.4. The molecule has 1 N–H and O–H groups in total. The Morgan fingerprint density at radius 1 is 1.00 bits per heavy atom. The van der Waals surface area contributed by atoms with Crippen molar-refractivity contribution in [1.29, 1.82) is 0 Å². The first-order valence-electron chi connectivity index (χ1n) is 7.19. The largest absolute Gasteiger partial charge is 0.273 e. The number of amides is 1. The summed E-state index contributed by atoms with van der Waals surface area (Å²) in [5.74, 6) is -0.0437. The normalized spacial score (nSPS) is 11.2. The number of carbonyl (C=O) groups excluding carboxylic acids is 1. The van der Waals surface area contributed by atoms with Crippen LogP contribution in [0.2, 0.25) is 0 Å². The van der Waals surface area contributed by atoms with Crippen LogP contribution in [0.3, 0.4) is 0 Å². The number of benzene rings is 2. The van der Waals surface area contributed by atoms with E-state index in [0.717, 1.165) is 17.7 Å². The first-order valence-corrected chi connectivity index (χ1v) is 7.19. The summed E-state index contributed by atoms with van der Waals surface area (Å²) in [6.07, 6.45) is 1.33. The van der Waals surface area contributed by atoms with E-state index in [1.54, 1.807) is 0 Å². The van der Waals surface area contributed by atoms with Crippen LogP contribution < -0.4 is 5.43 Å². The molecule has 0 saturated carbocycles. The number of carbonyl (C=O) groups is 1. The summed E-state index contributed by atoms with van der Waals surface area (Å²) >= 11 is 0.